The number of thiophene rings is 1. The standard InChI is InChI=1S/C30H31NO6S/c1-5-8-15-37-25-14-13-20-11-9-10-12-22(20)23(25)16-21(18-31)24(32)17-26-27(29(33)35-6-2)19(4)28(38-26)30(34)36-7-3/h9-14,16H,5-8,15,17H2,1-4H3/b21-16+. The first-order chi connectivity index (χ1) is 18.4. The molecule has 0 saturated heterocycles. The number of esters is 2. The van der Waals surface area contributed by atoms with Gasteiger partial charge in [-0.25, -0.2) is 9.59 Å². The molecular formula is C30H31NO6S. The molecule has 1 heterocycles. The molecule has 1 aromatic heterocycles. The van der Waals surface area contributed by atoms with Crippen LogP contribution in [0, 0.1) is 18.3 Å². The first-order valence-corrected chi connectivity index (χ1v) is 13.4. The topological polar surface area (TPSA) is 103 Å². The van der Waals surface area contributed by atoms with Crippen LogP contribution in [0.5, 0.6) is 5.75 Å². The molecule has 0 spiro atoms. The molecule has 0 amide bonds. The van der Waals surface area contributed by atoms with Gasteiger partial charge in [-0.05, 0) is 55.7 Å². The fourth-order valence-electron chi connectivity index (χ4n) is 4.00. The summed E-state index contributed by atoms with van der Waals surface area (Å²) in [5.41, 5.74) is 1.13. The summed E-state index contributed by atoms with van der Waals surface area (Å²) in [4.78, 5) is 39.2. The van der Waals surface area contributed by atoms with Crippen molar-refractivity contribution in [1.29, 1.82) is 5.26 Å². The van der Waals surface area contributed by atoms with Crippen LogP contribution >= 0.6 is 11.3 Å². The molecule has 0 unspecified atom stereocenters. The molecule has 198 valence electrons. The number of benzene rings is 2. The predicted octanol–water partition coefficient (Wildman–Crippen LogP) is 6.46. The minimum absolute atomic E-state index is 0.0831. The van der Waals surface area contributed by atoms with Crippen LogP contribution in [-0.2, 0) is 20.7 Å². The minimum Gasteiger partial charge on any atom is -0.493 e. The number of fused-ring (bicyclic) bond motifs is 1. The number of rotatable bonds is 12. The minimum atomic E-state index is -0.622. The summed E-state index contributed by atoms with van der Waals surface area (Å²) in [5.74, 6) is -1.09. The summed E-state index contributed by atoms with van der Waals surface area (Å²) in [6, 6.07) is 13.5. The van der Waals surface area contributed by atoms with Crippen molar-refractivity contribution < 1.29 is 28.6 Å². The van der Waals surface area contributed by atoms with Crippen molar-refractivity contribution in [3.63, 3.8) is 0 Å². The van der Waals surface area contributed by atoms with Gasteiger partial charge < -0.3 is 14.2 Å². The highest BCUT2D eigenvalue weighted by atomic mass is 32.1. The van der Waals surface area contributed by atoms with Crippen LogP contribution in [0.4, 0.5) is 0 Å². The molecule has 0 saturated carbocycles. The maximum absolute atomic E-state index is 13.4. The van der Waals surface area contributed by atoms with E-state index in [-0.39, 0.29) is 35.6 Å². The van der Waals surface area contributed by atoms with Gasteiger partial charge in [-0.15, -0.1) is 11.3 Å². The van der Waals surface area contributed by atoms with Gasteiger partial charge in [0.1, 0.15) is 16.7 Å². The first kappa shape index (κ1) is 28.6. The van der Waals surface area contributed by atoms with Gasteiger partial charge in [0.15, 0.2) is 5.78 Å². The van der Waals surface area contributed by atoms with E-state index in [1.807, 2.05) is 42.5 Å². The molecule has 0 aliphatic rings. The molecule has 0 aliphatic carbocycles. The molecule has 0 radical (unpaired) electrons. The second-order valence-electron chi connectivity index (χ2n) is 8.47. The van der Waals surface area contributed by atoms with Crippen LogP contribution < -0.4 is 4.74 Å². The number of unbranched alkanes of at least 4 members (excludes halogenated alkanes) is 1. The number of ketones is 1. The van der Waals surface area contributed by atoms with E-state index in [0.29, 0.717) is 28.4 Å². The largest absolute Gasteiger partial charge is 0.493 e. The van der Waals surface area contributed by atoms with E-state index in [1.165, 1.54) is 0 Å². The van der Waals surface area contributed by atoms with E-state index in [0.717, 1.165) is 35.0 Å². The number of allylic oxidation sites excluding steroid dienone is 1. The van der Waals surface area contributed by atoms with Gasteiger partial charge in [0.05, 0.1) is 31.0 Å². The number of nitriles is 1. The summed E-state index contributed by atoms with van der Waals surface area (Å²) >= 11 is 1.01. The smallest absolute Gasteiger partial charge is 0.348 e. The molecule has 3 aromatic rings. The van der Waals surface area contributed by atoms with Crippen molar-refractivity contribution >= 4 is 45.9 Å². The van der Waals surface area contributed by atoms with Crippen molar-refractivity contribution in [2.24, 2.45) is 0 Å². The van der Waals surface area contributed by atoms with Gasteiger partial charge in [0, 0.05) is 16.9 Å². The normalized spacial score (nSPS) is 11.2. The zero-order valence-electron chi connectivity index (χ0n) is 22.1. The second-order valence-corrected chi connectivity index (χ2v) is 9.57. The van der Waals surface area contributed by atoms with Crippen molar-refractivity contribution in [2.45, 2.75) is 47.0 Å². The van der Waals surface area contributed by atoms with Gasteiger partial charge >= 0.3 is 11.9 Å². The molecule has 0 aliphatic heterocycles. The average Bonchev–Trinajstić information content (AvgIpc) is 3.23. The van der Waals surface area contributed by atoms with E-state index in [4.69, 9.17) is 14.2 Å². The summed E-state index contributed by atoms with van der Waals surface area (Å²) in [6.45, 7) is 7.89. The fourth-order valence-corrected chi connectivity index (χ4v) is 5.18. The molecule has 3 rings (SSSR count). The molecule has 0 bridgehead atoms. The Balaban J connectivity index is 2.05. The van der Waals surface area contributed by atoms with E-state index in [2.05, 4.69) is 6.92 Å². The maximum Gasteiger partial charge on any atom is 0.348 e. The van der Waals surface area contributed by atoms with E-state index < -0.39 is 17.7 Å². The van der Waals surface area contributed by atoms with Crippen molar-refractivity contribution in [2.75, 3.05) is 19.8 Å². The molecule has 0 N–H and O–H groups in total. The predicted molar refractivity (Wildman–Crippen MR) is 148 cm³/mol. The van der Waals surface area contributed by atoms with Gasteiger partial charge in [-0.3, -0.25) is 4.79 Å². The molecule has 8 heteroatoms. The van der Waals surface area contributed by atoms with Gasteiger partial charge in [0.25, 0.3) is 0 Å². The summed E-state index contributed by atoms with van der Waals surface area (Å²) < 4.78 is 16.3. The number of carbonyl (C=O) groups excluding carboxylic acids is 3. The van der Waals surface area contributed by atoms with E-state index in [9.17, 15) is 19.6 Å². The molecule has 0 atom stereocenters. The summed E-state index contributed by atoms with van der Waals surface area (Å²) in [5, 5.41) is 11.8. The van der Waals surface area contributed by atoms with Crippen LogP contribution in [0.15, 0.2) is 42.0 Å². The SMILES string of the molecule is CCCCOc1ccc2ccccc2c1/C=C(\C#N)C(=O)Cc1sc(C(=O)OCC)c(C)c1C(=O)OCC. The summed E-state index contributed by atoms with van der Waals surface area (Å²) in [7, 11) is 0. The molecular weight excluding hydrogens is 502 g/mol. The first-order valence-electron chi connectivity index (χ1n) is 12.6. The van der Waals surface area contributed by atoms with Gasteiger partial charge in [-0.2, -0.15) is 5.26 Å². The van der Waals surface area contributed by atoms with Crippen molar-refractivity contribution in [3.05, 3.63) is 68.4 Å². The van der Waals surface area contributed by atoms with Gasteiger partial charge in [0.2, 0.25) is 0 Å². The Kier molecular flexibility index (Phi) is 10.2. The lowest BCUT2D eigenvalue weighted by Crippen LogP contribution is -2.12. The Morgan fingerprint density at radius 1 is 1.00 bits per heavy atom. The highest BCUT2D eigenvalue weighted by molar-refractivity contribution is 7.14. The lowest BCUT2D eigenvalue weighted by atomic mass is 9.98. The zero-order valence-corrected chi connectivity index (χ0v) is 22.9. The second kappa shape index (κ2) is 13.5. The number of hydrogen-bond donors (Lipinski definition) is 0. The Bertz CT molecular complexity index is 1410. The quantitative estimate of drug-likeness (QED) is 0.114. The molecule has 2 aromatic carbocycles. The molecule has 0 fully saturated rings. The average molecular weight is 534 g/mol. The lowest BCUT2D eigenvalue weighted by Gasteiger charge is -2.12. The van der Waals surface area contributed by atoms with Crippen molar-refractivity contribution in [3.8, 4) is 11.8 Å². The number of Topliss-reactive ketones (excluding diaryl/α,β-unsaturated/α-hetero) is 1. The Morgan fingerprint density at radius 3 is 2.39 bits per heavy atom. The van der Waals surface area contributed by atoms with Crippen LogP contribution in [0.1, 0.15) is 69.6 Å². The highest BCUT2D eigenvalue weighted by Gasteiger charge is 2.28. The lowest BCUT2D eigenvalue weighted by molar-refractivity contribution is -0.114. The number of nitrogens with zero attached hydrogens (tertiary/aromatic N) is 1. The third-order valence-electron chi connectivity index (χ3n) is 5.88. The van der Waals surface area contributed by atoms with E-state index >= 15 is 0 Å². The fraction of sp³-hybridized carbons (Fsp3) is 0.333. The Morgan fingerprint density at radius 2 is 1.71 bits per heavy atom. The third-order valence-corrected chi connectivity index (χ3v) is 7.15. The molecule has 38 heavy (non-hydrogen) atoms. The third kappa shape index (κ3) is 6.48. The van der Waals surface area contributed by atoms with Crippen LogP contribution in [-0.4, -0.2) is 37.5 Å². The number of carbonyl (C=O) groups is 3. The van der Waals surface area contributed by atoms with Gasteiger partial charge in [-0.1, -0.05) is 43.7 Å². The number of hydrogen-bond acceptors (Lipinski definition) is 8. The maximum atomic E-state index is 13.4. The van der Waals surface area contributed by atoms with Crippen LogP contribution in [0.2, 0.25) is 0 Å². The molecule has 7 nitrogen and oxygen atoms in total. The highest BCUT2D eigenvalue weighted by Crippen LogP contribution is 2.33. The Labute approximate surface area is 226 Å². The zero-order chi connectivity index (χ0) is 27.7. The Hall–Kier alpha value is -3.96. The van der Waals surface area contributed by atoms with Crippen LogP contribution in [0.3, 0.4) is 0 Å². The van der Waals surface area contributed by atoms with E-state index in [1.54, 1.807) is 26.8 Å². The number of ether oxygens (including phenoxy) is 3. The van der Waals surface area contributed by atoms with Crippen molar-refractivity contribution in [1.82, 2.24) is 0 Å². The monoisotopic (exact) mass is 533 g/mol. The summed E-state index contributed by atoms with van der Waals surface area (Å²) in [6.07, 6.45) is 3.15. The van der Waals surface area contributed by atoms with Crippen LogP contribution in [0.25, 0.3) is 16.8 Å².